The molecule has 9 heteroatoms. The molecule has 3 aliphatic heterocycles. The van der Waals surface area contributed by atoms with Crippen LogP contribution in [0.4, 0.5) is 8.78 Å². The summed E-state index contributed by atoms with van der Waals surface area (Å²) < 4.78 is 59.7. The first-order valence-electron chi connectivity index (χ1n) is 11.1. The maximum Gasteiger partial charge on any atom is 0.277 e. The average molecular weight is 444 g/mol. The minimum atomic E-state index is -3.60. The minimum Gasteiger partial charge on any atom is -0.381 e. The Morgan fingerprint density at radius 2 is 1.77 bits per heavy atom. The molecule has 0 radical (unpaired) electrons. The van der Waals surface area contributed by atoms with Crippen molar-refractivity contribution >= 4 is 10.0 Å². The molecule has 0 unspecified atom stereocenters. The van der Waals surface area contributed by atoms with Gasteiger partial charge in [-0.25, -0.2) is 17.2 Å². The fourth-order valence-corrected chi connectivity index (χ4v) is 7.61. The van der Waals surface area contributed by atoms with Crippen molar-refractivity contribution in [2.75, 3.05) is 33.3 Å². The Bertz CT molecular complexity index is 847. The van der Waals surface area contributed by atoms with Crippen LogP contribution in [-0.4, -0.2) is 69.5 Å². The average Bonchev–Trinajstić information content (AvgIpc) is 3.51. The van der Waals surface area contributed by atoms with Crippen LogP contribution in [0, 0.1) is 11.3 Å². The van der Waals surface area contributed by atoms with Gasteiger partial charge in [0.05, 0.1) is 16.7 Å². The topological polar surface area (TPSA) is 61.9 Å². The molecule has 2 saturated heterocycles. The van der Waals surface area contributed by atoms with Crippen molar-refractivity contribution in [2.24, 2.45) is 11.3 Å². The SMILES string of the molecule is CO[C@H]1CC[C@@H](N2CC3(CN(S(=O)(=O)C4=C(C5CC5)NC(C(F)F)=CC4)C3)C2)CC1. The van der Waals surface area contributed by atoms with Gasteiger partial charge in [-0.3, -0.25) is 4.90 Å². The molecule has 1 N–H and O–H groups in total. The molecule has 5 aliphatic rings. The molecule has 168 valence electrons. The van der Waals surface area contributed by atoms with Crippen molar-refractivity contribution in [3.63, 3.8) is 0 Å². The van der Waals surface area contributed by atoms with E-state index in [1.807, 2.05) is 0 Å². The molecule has 6 nitrogen and oxygen atoms in total. The van der Waals surface area contributed by atoms with Crippen molar-refractivity contribution in [1.82, 2.24) is 14.5 Å². The number of rotatable bonds is 6. The zero-order valence-corrected chi connectivity index (χ0v) is 18.3. The van der Waals surface area contributed by atoms with Crippen LogP contribution in [0.1, 0.15) is 44.9 Å². The van der Waals surface area contributed by atoms with Crippen molar-refractivity contribution < 1.29 is 21.9 Å². The highest BCUT2D eigenvalue weighted by Gasteiger charge is 2.57. The van der Waals surface area contributed by atoms with E-state index in [-0.39, 0.29) is 23.5 Å². The van der Waals surface area contributed by atoms with Crippen LogP contribution in [0.15, 0.2) is 22.4 Å². The molecule has 0 atom stereocenters. The van der Waals surface area contributed by atoms with E-state index in [0.717, 1.165) is 51.6 Å². The van der Waals surface area contributed by atoms with Gasteiger partial charge in [0, 0.05) is 62.8 Å². The summed E-state index contributed by atoms with van der Waals surface area (Å²) >= 11 is 0. The minimum absolute atomic E-state index is 0.0687. The summed E-state index contributed by atoms with van der Waals surface area (Å²) in [5.74, 6) is 0.0777. The van der Waals surface area contributed by atoms with Gasteiger partial charge in [-0.2, -0.15) is 4.31 Å². The molecule has 4 fully saturated rings. The third-order valence-corrected chi connectivity index (χ3v) is 9.50. The Labute approximate surface area is 177 Å². The number of allylic oxidation sites excluding steroid dienone is 4. The van der Waals surface area contributed by atoms with Crippen LogP contribution < -0.4 is 5.32 Å². The van der Waals surface area contributed by atoms with Crippen molar-refractivity contribution in [3.8, 4) is 0 Å². The summed E-state index contributed by atoms with van der Waals surface area (Å²) in [6.07, 6.45) is 5.42. The summed E-state index contributed by atoms with van der Waals surface area (Å²) in [5.41, 5.74) is 0.435. The lowest BCUT2D eigenvalue weighted by Gasteiger charge is -2.62. The van der Waals surface area contributed by atoms with Gasteiger partial charge >= 0.3 is 0 Å². The zero-order chi connectivity index (χ0) is 21.1. The van der Waals surface area contributed by atoms with Gasteiger partial charge in [0.25, 0.3) is 6.43 Å². The Hall–Kier alpha value is -1.03. The molecule has 0 aromatic carbocycles. The second-order valence-corrected chi connectivity index (χ2v) is 11.7. The molecule has 5 rings (SSSR count). The second-order valence-electron chi connectivity index (χ2n) is 9.74. The van der Waals surface area contributed by atoms with Gasteiger partial charge in [0.1, 0.15) is 0 Å². The van der Waals surface area contributed by atoms with Crippen LogP contribution in [0.5, 0.6) is 0 Å². The molecule has 0 bridgehead atoms. The van der Waals surface area contributed by atoms with Gasteiger partial charge in [0.15, 0.2) is 0 Å². The van der Waals surface area contributed by atoms with Crippen molar-refractivity contribution in [1.29, 1.82) is 0 Å². The maximum atomic E-state index is 13.3. The lowest BCUT2D eigenvalue weighted by molar-refractivity contribution is -0.111. The number of alkyl halides is 2. The summed E-state index contributed by atoms with van der Waals surface area (Å²) in [6, 6.07) is 0.595. The fraction of sp³-hybridized carbons (Fsp3) is 0.810. The van der Waals surface area contributed by atoms with E-state index >= 15 is 0 Å². The molecule has 1 spiro atoms. The predicted octanol–water partition coefficient (Wildman–Crippen LogP) is 2.66. The number of dihydropyridines is 1. The quantitative estimate of drug-likeness (QED) is 0.684. The first-order valence-corrected chi connectivity index (χ1v) is 12.5. The number of nitrogens with zero attached hydrogens (tertiary/aromatic N) is 2. The van der Waals surface area contributed by atoms with Crippen molar-refractivity contribution in [2.45, 2.75) is 63.5 Å². The molecular weight excluding hydrogens is 412 g/mol. The highest BCUT2D eigenvalue weighted by Crippen LogP contribution is 2.47. The van der Waals surface area contributed by atoms with E-state index in [1.165, 1.54) is 6.08 Å². The highest BCUT2D eigenvalue weighted by atomic mass is 32.2. The Morgan fingerprint density at radius 3 is 2.33 bits per heavy atom. The fourth-order valence-electron chi connectivity index (χ4n) is 5.63. The Balaban J connectivity index is 1.20. The number of likely N-dealkylation sites (tertiary alicyclic amines) is 1. The molecular formula is C21H31F2N3O3S. The van der Waals surface area contributed by atoms with Gasteiger partial charge in [-0.15, -0.1) is 0 Å². The lowest BCUT2D eigenvalue weighted by Crippen LogP contribution is -2.74. The highest BCUT2D eigenvalue weighted by molar-refractivity contribution is 7.93. The second kappa shape index (κ2) is 7.53. The number of hydrogen-bond donors (Lipinski definition) is 1. The third kappa shape index (κ3) is 3.61. The summed E-state index contributed by atoms with van der Waals surface area (Å²) in [6.45, 7) is 3.02. The predicted molar refractivity (Wildman–Crippen MR) is 109 cm³/mol. The molecule has 30 heavy (non-hydrogen) atoms. The number of nitrogens with one attached hydrogen (secondary N) is 1. The summed E-state index contributed by atoms with van der Waals surface area (Å²) in [5, 5.41) is 2.75. The Morgan fingerprint density at radius 1 is 1.10 bits per heavy atom. The molecule has 0 aromatic rings. The number of hydrogen-bond acceptors (Lipinski definition) is 5. The first kappa shape index (κ1) is 20.8. The monoisotopic (exact) mass is 443 g/mol. The van der Waals surface area contributed by atoms with Crippen LogP contribution in [-0.2, 0) is 14.8 Å². The number of ether oxygens (including phenoxy) is 1. The normalized spacial score (nSPS) is 32.6. The number of halogens is 2. The summed E-state index contributed by atoms with van der Waals surface area (Å²) in [7, 11) is -1.82. The van der Waals surface area contributed by atoms with Crippen molar-refractivity contribution in [3.05, 3.63) is 22.4 Å². The summed E-state index contributed by atoms with van der Waals surface area (Å²) in [4.78, 5) is 2.81. The standard InChI is InChI=1S/C21H31F2N3O3S/c1-29-16-6-4-15(5-7-16)25-10-21(11-25)12-26(13-21)30(27,28)18-9-8-17(20(22)23)24-19(18)14-2-3-14/h8,14-16,20,24H,2-7,9-13H2,1H3/t15-,16+. The van der Waals surface area contributed by atoms with Gasteiger partial charge in [-0.05, 0) is 38.5 Å². The van der Waals surface area contributed by atoms with Gasteiger partial charge in [-0.1, -0.05) is 6.08 Å². The van der Waals surface area contributed by atoms with Crippen LogP contribution >= 0.6 is 0 Å². The maximum absolute atomic E-state index is 13.3. The molecule has 3 heterocycles. The van der Waals surface area contributed by atoms with Gasteiger partial charge < -0.3 is 10.1 Å². The largest absolute Gasteiger partial charge is 0.381 e. The molecule has 2 aliphatic carbocycles. The van der Waals surface area contributed by atoms with Crippen LogP contribution in [0.2, 0.25) is 0 Å². The van der Waals surface area contributed by atoms with E-state index in [1.54, 1.807) is 11.4 Å². The first-order chi connectivity index (χ1) is 14.3. The molecule has 0 amide bonds. The van der Waals surface area contributed by atoms with Crippen LogP contribution in [0.3, 0.4) is 0 Å². The van der Waals surface area contributed by atoms with E-state index < -0.39 is 16.4 Å². The van der Waals surface area contributed by atoms with Crippen LogP contribution in [0.25, 0.3) is 0 Å². The van der Waals surface area contributed by atoms with Gasteiger partial charge in [0.2, 0.25) is 10.0 Å². The smallest absolute Gasteiger partial charge is 0.277 e. The lowest BCUT2D eigenvalue weighted by atomic mass is 9.72. The zero-order valence-electron chi connectivity index (χ0n) is 17.4. The molecule has 0 aromatic heterocycles. The number of sulfonamides is 1. The number of methoxy groups -OCH3 is 1. The Kier molecular flexibility index (Phi) is 5.24. The van der Waals surface area contributed by atoms with E-state index in [0.29, 0.717) is 35.8 Å². The van der Waals surface area contributed by atoms with E-state index in [2.05, 4.69) is 10.2 Å². The van der Waals surface area contributed by atoms with E-state index in [4.69, 9.17) is 4.74 Å². The molecule has 2 saturated carbocycles. The third-order valence-electron chi connectivity index (χ3n) is 7.55. The van der Waals surface area contributed by atoms with E-state index in [9.17, 15) is 17.2 Å².